The number of nitrogens with one attached hydrogen (secondary N) is 1. The van der Waals surface area contributed by atoms with Crippen LogP contribution in [-0.4, -0.2) is 27.0 Å². The number of hydrogen-bond acceptors (Lipinski definition) is 6. The molecule has 0 aliphatic rings. The van der Waals surface area contributed by atoms with Crippen molar-refractivity contribution in [2.75, 3.05) is 20.8 Å². The summed E-state index contributed by atoms with van der Waals surface area (Å²) in [6.07, 6.45) is 1.74. The van der Waals surface area contributed by atoms with Crippen LogP contribution in [0.1, 0.15) is 23.6 Å². The monoisotopic (exact) mass is 614 g/mol. The third-order valence-electron chi connectivity index (χ3n) is 4.75. The molecule has 34 heavy (non-hydrogen) atoms. The van der Waals surface area contributed by atoms with Crippen molar-refractivity contribution in [2.45, 2.75) is 20.1 Å². The molecule has 0 unspecified atom stereocenters. The quantitative estimate of drug-likeness (QED) is 0.148. The molecule has 0 fully saturated rings. The van der Waals surface area contributed by atoms with E-state index in [9.17, 15) is 0 Å². The van der Waals surface area contributed by atoms with Crippen molar-refractivity contribution in [1.29, 1.82) is 0 Å². The van der Waals surface area contributed by atoms with Crippen LogP contribution in [0.2, 0.25) is 10.0 Å². The Kier molecular flexibility index (Phi) is 9.98. The number of hydrazone groups is 1. The summed E-state index contributed by atoms with van der Waals surface area (Å²) < 4.78 is 23.4. The molecule has 0 atom stereocenters. The van der Waals surface area contributed by atoms with Crippen LogP contribution in [0.3, 0.4) is 0 Å². The normalized spacial score (nSPS) is 10.9. The predicted octanol–water partition coefficient (Wildman–Crippen LogP) is 6.72. The molecule has 0 saturated carbocycles. The van der Waals surface area contributed by atoms with Crippen molar-refractivity contribution < 1.29 is 18.9 Å². The zero-order valence-corrected chi connectivity index (χ0v) is 22.7. The average Bonchev–Trinajstić information content (AvgIpc) is 2.82. The van der Waals surface area contributed by atoms with Gasteiger partial charge in [-0.05, 0) is 77.0 Å². The van der Waals surface area contributed by atoms with Crippen molar-refractivity contribution in [3.8, 4) is 23.0 Å². The van der Waals surface area contributed by atoms with Crippen LogP contribution < -0.4 is 24.4 Å². The zero-order valence-electron chi connectivity index (χ0n) is 19.0. The summed E-state index contributed by atoms with van der Waals surface area (Å²) in [4.78, 5) is 0. The van der Waals surface area contributed by atoms with E-state index in [1.807, 2.05) is 43.3 Å². The van der Waals surface area contributed by atoms with Gasteiger partial charge < -0.3 is 24.4 Å². The molecule has 0 aromatic heterocycles. The highest BCUT2D eigenvalue weighted by molar-refractivity contribution is 14.1. The van der Waals surface area contributed by atoms with Gasteiger partial charge in [0.25, 0.3) is 0 Å². The molecule has 0 aliphatic carbocycles. The second-order valence-corrected chi connectivity index (χ2v) is 9.08. The highest BCUT2D eigenvalue weighted by Gasteiger charge is 2.13. The lowest BCUT2D eigenvalue weighted by atomic mass is 10.2. The van der Waals surface area contributed by atoms with Crippen molar-refractivity contribution in [2.24, 2.45) is 5.10 Å². The molecule has 9 heteroatoms. The molecule has 180 valence electrons. The second kappa shape index (κ2) is 12.9. The number of halogens is 3. The van der Waals surface area contributed by atoms with Gasteiger partial charge in [-0.3, -0.25) is 0 Å². The highest BCUT2D eigenvalue weighted by Crippen LogP contribution is 2.35. The van der Waals surface area contributed by atoms with E-state index in [1.54, 1.807) is 32.6 Å². The first-order valence-corrected chi connectivity index (χ1v) is 12.3. The van der Waals surface area contributed by atoms with Crippen molar-refractivity contribution >= 4 is 52.0 Å². The van der Waals surface area contributed by atoms with E-state index in [2.05, 4.69) is 33.1 Å². The first-order chi connectivity index (χ1) is 16.4. The Morgan fingerprint density at radius 3 is 2.44 bits per heavy atom. The van der Waals surface area contributed by atoms with Crippen LogP contribution in [0.15, 0.2) is 53.6 Å². The van der Waals surface area contributed by atoms with Crippen LogP contribution >= 0.6 is 45.8 Å². The summed E-state index contributed by atoms with van der Waals surface area (Å²) in [6.45, 7) is 3.27. The van der Waals surface area contributed by atoms with Crippen molar-refractivity contribution in [1.82, 2.24) is 5.43 Å². The number of ether oxygens (including phenoxy) is 4. The number of hydrogen-bond donors (Lipinski definition) is 1. The smallest absolute Gasteiger partial charge is 0.175 e. The standard InChI is InChI=1S/C25H25Cl2IN2O4/c1-4-33-24-11-17(14-30-29-13-16-5-8-22(31-2)23(10-16)32-3)9-21(28)25(24)34-15-18-6-7-19(26)12-20(18)27/h5-12,14,29H,4,13,15H2,1-3H3/b30-14-. The van der Waals surface area contributed by atoms with E-state index >= 15 is 0 Å². The summed E-state index contributed by atoms with van der Waals surface area (Å²) in [5.74, 6) is 2.66. The zero-order chi connectivity index (χ0) is 24.5. The van der Waals surface area contributed by atoms with Gasteiger partial charge in [-0.15, -0.1) is 0 Å². The van der Waals surface area contributed by atoms with Gasteiger partial charge in [0.15, 0.2) is 23.0 Å². The Hall–Kier alpha value is -2.36. The lowest BCUT2D eigenvalue weighted by Gasteiger charge is -2.15. The van der Waals surface area contributed by atoms with Gasteiger partial charge in [0, 0.05) is 15.6 Å². The molecule has 0 saturated heterocycles. The van der Waals surface area contributed by atoms with Crippen molar-refractivity contribution in [3.63, 3.8) is 0 Å². The van der Waals surface area contributed by atoms with E-state index in [-0.39, 0.29) is 0 Å². The first-order valence-electron chi connectivity index (χ1n) is 10.4. The molecule has 3 rings (SSSR count). The van der Waals surface area contributed by atoms with Crippen molar-refractivity contribution in [3.05, 3.63) is 78.8 Å². The van der Waals surface area contributed by atoms with Gasteiger partial charge >= 0.3 is 0 Å². The maximum atomic E-state index is 6.27. The number of methoxy groups -OCH3 is 2. The third-order valence-corrected chi connectivity index (χ3v) is 6.14. The van der Waals surface area contributed by atoms with Gasteiger partial charge in [0.2, 0.25) is 0 Å². The number of nitrogens with zero attached hydrogens (tertiary/aromatic N) is 1. The van der Waals surface area contributed by atoms with Crippen LogP contribution in [0.4, 0.5) is 0 Å². The molecule has 0 aliphatic heterocycles. The van der Waals surface area contributed by atoms with E-state index in [4.69, 9.17) is 42.1 Å². The Bertz CT molecular complexity index is 1160. The fraction of sp³-hybridized carbons (Fsp3) is 0.240. The van der Waals surface area contributed by atoms with E-state index < -0.39 is 0 Å². The summed E-state index contributed by atoms with van der Waals surface area (Å²) in [7, 11) is 3.23. The summed E-state index contributed by atoms with van der Waals surface area (Å²) in [5.41, 5.74) is 5.79. The summed E-state index contributed by atoms with van der Waals surface area (Å²) in [5, 5.41) is 5.49. The Balaban J connectivity index is 1.68. The molecule has 0 bridgehead atoms. The Labute approximate surface area is 223 Å². The van der Waals surface area contributed by atoms with Gasteiger partial charge in [0.1, 0.15) is 6.61 Å². The Morgan fingerprint density at radius 1 is 0.941 bits per heavy atom. The minimum absolute atomic E-state index is 0.298. The molecular formula is C25H25Cl2IN2O4. The average molecular weight is 615 g/mol. The largest absolute Gasteiger partial charge is 0.493 e. The molecule has 0 radical (unpaired) electrons. The number of benzene rings is 3. The SMILES string of the molecule is CCOc1cc(/C=N\NCc2ccc(OC)c(OC)c2)cc(I)c1OCc1ccc(Cl)cc1Cl. The second-order valence-electron chi connectivity index (χ2n) is 7.07. The maximum Gasteiger partial charge on any atom is 0.175 e. The molecule has 1 N–H and O–H groups in total. The first kappa shape index (κ1) is 26.2. The molecule has 6 nitrogen and oxygen atoms in total. The maximum absolute atomic E-state index is 6.27. The lowest BCUT2D eigenvalue weighted by Crippen LogP contribution is -2.06. The minimum Gasteiger partial charge on any atom is -0.493 e. The molecule has 0 amide bonds. The van der Waals surface area contributed by atoms with Gasteiger partial charge in [-0.2, -0.15) is 5.10 Å². The number of rotatable bonds is 11. The highest BCUT2D eigenvalue weighted by atomic mass is 127. The minimum atomic E-state index is 0.298. The fourth-order valence-electron chi connectivity index (χ4n) is 3.10. The van der Waals surface area contributed by atoms with E-state index in [1.165, 1.54) is 0 Å². The molecule has 0 spiro atoms. The van der Waals surface area contributed by atoms with Crippen LogP contribution in [0.5, 0.6) is 23.0 Å². The van der Waals surface area contributed by atoms with Gasteiger partial charge in [-0.25, -0.2) is 0 Å². The van der Waals surface area contributed by atoms with Crippen LogP contribution in [-0.2, 0) is 13.2 Å². The third kappa shape index (κ3) is 7.07. The summed E-state index contributed by atoms with van der Waals surface area (Å²) >= 11 is 14.5. The van der Waals surface area contributed by atoms with Gasteiger partial charge in [-0.1, -0.05) is 35.3 Å². The molecule has 0 heterocycles. The van der Waals surface area contributed by atoms with Crippen LogP contribution in [0, 0.1) is 3.57 Å². The van der Waals surface area contributed by atoms with E-state index in [0.717, 1.165) is 20.3 Å². The summed E-state index contributed by atoms with van der Waals surface area (Å²) in [6, 6.07) is 14.9. The van der Waals surface area contributed by atoms with Crippen LogP contribution in [0.25, 0.3) is 0 Å². The van der Waals surface area contributed by atoms with E-state index in [0.29, 0.717) is 52.8 Å². The lowest BCUT2D eigenvalue weighted by molar-refractivity contribution is 0.267. The molecular weight excluding hydrogens is 590 g/mol. The predicted molar refractivity (Wildman–Crippen MR) is 145 cm³/mol. The molecule has 3 aromatic carbocycles. The topological polar surface area (TPSA) is 61.3 Å². The fourth-order valence-corrected chi connectivity index (χ4v) is 4.35. The molecule has 3 aromatic rings. The van der Waals surface area contributed by atoms with Gasteiger partial charge in [0.05, 0.1) is 37.2 Å². The Morgan fingerprint density at radius 2 is 1.74 bits per heavy atom.